The van der Waals surface area contributed by atoms with Crippen LogP contribution in [-0.4, -0.2) is 58.5 Å². The van der Waals surface area contributed by atoms with Crippen molar-refractivity contribution in [2.45, 2.75) is 19.8 Å². The molecule has 1 aliphatic rings. The van der Waals surface area contributed by atoms with Crippen molar-refractivity contribution in [3.05, 3.63) is 72.2 Å². The second-order valence-corrected chi connectivity index (χ2v) is 8.65. The second-order valence-electron chi connectivity index (χ2n) is 8.65. The molecule has 0 atom stereocenters. The van der Waals surface area contributed by atoms with Gasteiger partial charge in [0.05, 0.1) is 29.3 Å². The van der Waals surface area contributed by atoms with Gasteiger partial charge in [-0.3, -0.25) is 0 Å². The lowest BCUT2D eigenvalue weighted by molar-refractivity contribution is 0.133. The number of pyridine rings is 1. The van der Waals surface area contributed by atoms with Gasteiger partial charge in [-0.05, 0) is 49.4 Å². The van der Waals surface area contributed by atoms with Crippen LogP contribution in [-0.2, 0) is 6.42 Å². The zero-order chi connectivity index (χ0) is 22.6. The maximum atomic E-state index is 9.18. The Morgan fingerprint density at radius 2 is 1.67 bits per heavy atom. The van der Waals surface area contributed by atoms with E-state index in [2.05, 4.69) is 45.5 Å². The summed E-state index contributed by atoms with van der Waals surface area (Å²) in [5.74, 6) is 0.850. The van der Waals surface area contributed by atoms with Crippen LogP contribution in [0, 0.1) is 11.3 Å². The number of hydrogen-bond acceptors (Lipinski definition) is 5. The van der Waals surface area contributed by atoms with Gasteiger partial charge >= 0.3 is 0 Å². The highest BCUT2D eigenvalue weighted by molar-refractivity contribution is 5.69. The van der Waals surface area contributed by atoms with Crippen molar-refractivity contribution in [2.24, 2.45) is 0 Å². The Morgan fingerprint density at radius 3 is 2.33 bits per heavy atom. The van der Waals surface area contributed by atoms with Crippen molar-refractivity contribution in [3.8, 4) is 28.7 Å². The maximum Gasteiger partial charge on any atom is 0.137 e. The molecule has 6 nitrogen and oxygen atoms in total. The number of aromatic nitrogens is 2. The predicted molar refractivity (Wildman–Crippen MR) is 130 cm³/mol. The monoisotopic (exact) mass is 439 g/mol. The van der Waals surface area contributed by atoms with Gasteiger partial charge in [0.2, 0.25) is 0 Å². The van der Waals surface area contributed by atoms with E-state index in [4.69, 9.17) is 9.40 Å². The SMILES string of the molecule is CCCN1CCN(CCc2c(-c3ccc(C#N)cc3)nc3ccc(-c4ccco4)cn23)CC1. The van der Waals surface area contributed by atoms with Gasteiger partial charge in [0, 0.05) is 56.5 Å². The molecule has 6 heteroatoms. The number of hydrogen-bond donors (Lipinski definition) is 0. The third-order valence-corrected chi connectivity index (χ3v) is 6.48. The third-order valence-electron chi connectivity index (χ3n) is 6.48. The quantitative estimate of drug-likeness (QED) is 0.418. The van der Waals surface area contributed by atoms with Crippen LogP contribution in [0.5, 0.6) is 0 Å². The minimum atomic E-state index is 0.661. The first-order valence-electron chi connectivity index (χ1n) is 11.8. The highest BCUT2D eigenvalue weighted by Gasteiger charge is 2.19. The van der Waals surface area contributed by atoms with Crippen LogP contribution in [0.3, 0.4) is 0 Å². The number of furan rings is 1. The summed E-state index contributed by atoms with van der Waals surface area (Å²) in [5, 5.41) is 9.18. The van der Waals surface area contributed by atoms with Gasteiger partial charge in [0.15, 0.2) is 0 Å². The molecule has 0 amide bonds. The fourth-order valence-electron chi connectivity index (χ4n) is 4.67. The molecule has 5 rings (SSSR count). The summed E-state index contributed by atoms with van der Waals surface area (Å²) in [6.45, 7) is 8.96. The van der Waals surface area contributed by atoms with Gasteiger partial charge in [0.25, 0.3) is 0 Å². The molecular formula is C27H29N5O. The Hall–Kier alpha value is -3.40. The third kappa shape index (κ3) is 4.56. The minimum absolute atomic E-state index is 0.661. The molecule has 4 aromatic rings. The maximum absolute atomic E-state index is 9.18. The zero-order valence-electron chi connectivity index (χ0n) is 19.1. The van der Waals surface area contributed by atoms with E-state index in [-0.39, 0.29) is 0 Å². The van der Waals surface area contributed by atoms with Crippen LogP contribution in [0.1, 0.15) is 24.6 Å². The highest BCUT2D eigenvalue weighted by Crippen LogP contribution is 2.28. The van der Waals surface area contributed by atoms with E-state index >= 15 is 0 Å². The largest absolute Gasteiger partial charge is 0.464 e. The summed E-state index contributed by atoms with van der Waals surface area (Å²) < 4.78 is 7.84. The van der Waals surface area contributed by atoms with E-state index in [1.165, 1.54) is 18.7 Å². The molecule has 1 saturated heterocycles. The molecule has 0 spiro atoms. The molecule has 168 valence electrons. The molecule has 4 heterocycles. The van der Waals surface area contributed by atoms with Gasteiger partial charge in [0.1, 0.15) is 11.4 Å². The number of nitriles is 1. The molecule has 3 aromatic heterocycles. The van der Waals surface area contributed by atoms with Crippen LogP contribution in [0.4, 0.5) is 0 Å². The predicted octanol–water partition coefficient (Wildman–Crippen LogP) is 4.70. The Kier molecular flexibility index (Phi) is 6.25. The van der Waals surface area contributed by atoms with Gasteiger partial charge in [-0.15, -0.1) is 0 Å². The molecule has 33 heavy (non-hydrogen) atoms. The zero-order valence-corrected chi connectivity index (χ0v) is 19.1. The summed E-state index contributed by atoms with van der Waals surface area (Å²) in [6.07, 6.45) is 5.96. The van der Waals surface area contributed by atoms with Crippen molar-refractivity contribution in [2.75, 3.05) is 39.3 Å². The van der Waals surface area contributed by atoms with Gasteiger partial charge in [-0.25, -0.2) is 4.98 Å². The Balaban J connectivity index is 1.46. The lowest BCUT2D eigenvalue weighted by Gasteiger charge is -2.34. The number of rotatable bonds is 7. The van der Waals surface area contributed by atoms with Crippen LogP contribution in [0.25, 0.3) is 28.2 Å². The summed E-state index contributed by atoms with van der Waals surface area (Å²) in [7, 11) is 0. The van der Waals surface area contributed by atoms with Crippen molar-refractivity contribution >= 4 is 5.65 Å². The molecule has 0 unspecified atom stereocenters. The standard InChI is InChI=1S/C27H29N5O/c1-2-12-30-14-16-31(17-15-30)13-11-24-27(22-7-5-21(19-28)6-8-22)29-26-10-9-23(20-32(24)26)25-4-3-18-33-25/h3-10,18,20H,2,11-17H2,1H3. The molecule has 1 aliphatic heterocycles. The summed E-state index contributed by atoms with van der Waals surface area (Å²) in [6, 6.07) is 17.9. The second kappa shape index (κ2) is 9.62. The molecule has 0 bridgehead atoms. The average Bonchev–Trinajstić information content (AvgIpc) is 3.52. The van der Waals surface area contributed by atoms with E-state index in [1.807, 2.05) is 36.4 Å². The van der Waals surface area contributed by atoms with Crippen molar-refractivity contribution in [1.29, 1.82) is 5.26 Å². The fraction of sp³-hybridized carbons (Fsp3) is 0.333. The van der Waals surface area contributed by atoms with E-state index in [1.54, 1.807) is 6.26 Å². The molecule has 0 aliphatic carbocycles. The fourth-order valence-corrected chi connectivity index (χ4v) is 4.67. The highest BCUT2D eigenvalue weighted by atomic mass is 16.3. The first-order chi connectivity index (χ1) is 16.2. The van der Waals surface area contributed by atoms with Crippen LogP contribution < -0.4 is 0 Å². The lowest BCUT2D eigenvalue weighted by atomic mass is 10.1. The number of nitrogens with zero attached hydrogens (tertiary/aromatic N) is 5. The minimum Gasteiger partial charge on any atom is -0.464 e. The van der Waals surface area contributed by atoms with E-state index in [0.29, 0.717) is 5.56 Å². The van der Waals surface area contributed by atoms with Gasteiger partial charge in [-0.2, -0.15) is 5.26 Å². The topological polar surface area (TPSA) is 60.7 Å². The number of fused-ring (bicyclic) bond motifs is 1. The smallest absolute Gasteiger partial charge is 0.137 e. The van der Waals surface area contributed by atoms with Crippen molar-refractivity contribution in [3.63, 3.8) is 0 Å². The Morgan fingerprint density at radius 1 is 0.939 bits per heavy atom. The Labute approximate surface area is 194 Å². The van der Waals surface area contributed by atoms with Crippen molar-refractivity contribution in [1.82, 2.24) is 19.2 Å². The first-order valence-corrected chi connectivity index (χ1v) is 11.8. The van der Waals surface area contributed by atoms with Gasteiger partial charge in [-0.1, -0.05) is 19.1 Å². The molecule has 1 fully saturated rings. The normalized spacial score (nSPS) is 15.2. The van der Waals surface area contributed by atoms with Crippen LogP contribution in [0.15, 0.2) is 65.4 Å². The molecular weight excluding hydrogens is 410 g/mol. The number of piperazine rings is 1. The van der Waals surface area contributed by atoms with E-state index in [0.717, 1.165) is 67.4 Å². The molecule has 1 aromatic carbocycles. The lowest BCUT2D eigenvalue weighted by Crippen LogP contribution is -2.47. The first kappa shape index (κ1) is 21.4. The van der Waals surface area contributed by atoms with Crippen LogP contribution in [0.2, 0.25) is 0 Å². The molecule has 0 N–H and O–H groups in total. The van der Waals surface area contributed by atoms with Crippen LogP contribution >= 0.6 is 0 Å². The number of imidazole rings is 1. The van der Waals surface area contributed by atoms with Gasteiger partial charge < -0.3 is 18.6 Å². The van der Waals surface area contributed by atoms with E-state index < -0.39 is 0 Å². The number of benzene rings is 1. The summed E-state index contributed by atoms with van der Waals surface area (Å²) in [5.41, 5.74) is 5.84. The molecule has 0 radical (unpaired) electrons. The summed E-state index contributed by atoms with van der Waals surface area (Å²) in [4.78, 5) is 10.1. The van der Waals surface area contributed by atoms with E-state index in [9.17, 15) is 5.26 Å². The summed E-state index contributed by atoms with van der Waals surface area (Å²) >= 11 is 0. The molecule has 0 saturated carbocycles. The van der Waals surface area contributed by atoms with Crippen molar-refractivity contribution < 1.29 is 4.42 Å². The Bertz CT molecular complexity index is 1240. The average molecular weight is 440 g/mol.